The van der Waals surface area contributed by atoms with Crippen molar-refractivity contribution in [2.45, 2.75) is 24.8 Å². The zero-order valence-corrected chi connectivity index (χ0v) is 13.2. The standard InChI is InChI=1S/C16H22N2O2S/c1-12(16(19)18-6-8-20-9-7-18)17-15-11-21-10-13-4-2-3-5-14(13)15/h2-5,12,15,17H,6-11H2,1H3. The van der Waals surface area contributed by atoms with Gasteiger partial charge in [-0.15, -0.1) is 0 Å². The van der Waals surface area contributed by atoms with Crippen LogP contribution in [0.15, 0.2) is 24.3 Å². The molecule has 2 atom stereocenters. The number of ether oxygens (including phenoxy) is 1. The van der Waals surface area contributed by atoms with E-state index in [4.69, 9.17) is 4.74 Å². The lowest BCUT2D eigenvalue weighted by atomic mass is 10.0. The van der Waals surface area contributed by atoms with Crippen LogP contribution < -0.4 is 5.32 Å². The van der Waals surface area contributed by atoms with E-state index in [2.05, 4.69) is 29.6 Å². The van der Waals surface area contributed by atoms with Crippen LogP contribution in [0.2, 0.25) is 0 Å². The molecule has 1 fully saturated rings. The van der Waals surface area contributed by atoms with Gasteiger partial charge in [0.25, 0.3) is 0 Å². The summed E-state index contributed by atoms with van der Waals surface area (Å²) in [7, 11) is 0. The van der Waals surface area contributed by atoms with Gasteiger partial charge in [0.15, 0.2) is 0 Å². The van der Waals surface area contributed by atoms with Crippen molar-refractivity contribution in [2.75, 3.05) is 32.1 Å². The van der Waals surface area contributed by atoms with Crippen molar-refractivity contribution in [1.29, 1.82) is 0 Å². The van der Waals surface area contributed by atoms with Crippen molar-refractivity contribution >= 4 is 17.7 Å². The van der Waals surface area contributed by atoms with Crippen LogP contribution >= 0.6 is 11.8 Å². The molecule has 114 valence electrons. The van der Waals surface area contributed by atoms with Gasteiger partial charge in [0.05, 0.1) is 19.3 Å². The first kappa shape index (κ1) is 14.9. The van der Waals surface area contributed by atoms with Crippen LogP contribution in [0.5, 0.6) is 0 Å². The molecular formula is C16H22N2O2S. The molecule has 0 spiro atoms. The summed E-state index contributed by atoms with van der Waals surface area (Å²) < 4.78 is 5.31. The zero-order chi connectivity index (χ0) is 14.7. The number of morpholine rings is 1. The van der Waals surface area contributed by atoms with Crippen molar-refractivity contribution < 1.29 is 9.53 Å². The van der Waals surface area contributed by atoms with Crippen LogP contribution in [-0.2, 0) is 15.3 Å². The SMILES string of the molecule is CC(NC1CSCc2ccccc21)C(=O)N1CCOCC1. The molecule has 1 amide bonds. The second kappa shape index (κ2) is 6.81. The summed E-state index contributed by atoms with van der Waals surface area (Å²) in [5.41, 5.74) is 2.73. The van der Waals surface area contributed by atoms with E-state index in [1.54, 1.807) is 0 Å². The van der Waals surface area contributed by atoms with Gasteiger partial charge in [0.1, 0.15) is 0 Å². The van der Waals surface area contributed by atoms with Crippen molar-refractivity contribution in [3.05, 3.63) is 35.4 Å². The number of fused-ring (bicyclic) bond motifs is 1. The number of benzene rings is 1. The highest BCUT2D eigenvalue weighted by Gasteiger charge is 2.27. The first-order chi connectivity index (χ1) is 10.3. The van der Waals surface area contributed by atoms with E-state index in [-0.39, 0.29) is 18.0 Å². The van der Waals surface area contributed by atoms with E-state index < -0.39 is 0 Å². The number of hydrogen-bond donors (Lipinski definition) is 1. The first-order valence-corrected chi connectivity index (χ1v) is 8.69. The highest BCUT2D eigenvalue weighted by molar-refractivity contribution is 7.98. The van der Waals surface area contributed by atoms with Crippen LogP contribution in [0, 0.1) is 0 Å². The highest BCUT2D eigenvalue weighted by Crippen LogP contribution is 2.31. The van der Waals surface area contributed by atoms with Crippen LogP contribution in [0.4, 0.5) is 0 Å². The first-order valence-electron chi connectivity index (χ1n) is 7.54. The van der Waals surface area contributed by atoms with E-state index in [0.717, 1.165) is 11.5 Å². The Hall–Kier alpha value is -1.04. The van der Waals surface area contributed by atoms with E-state index in [1.807, 2.05) is 23.6 Å². The Morgan fingerprint density at radius 2 is 2.14 bits per heavy atom. The molecule has 3 rings (SSSR count). The lowest BCUT2D eigenvalue weighted by Crippen LogP contribution is -2.50. The average molecular weight is 306 g/mol. The molecular weight excluding hydrogens is 284 g/mol. The molecule has 4 nitrogen and oxygen atoms in total. The van der Waals surface area contributed by atoms with E-state index >= 15 is 0 Å². The molecule has 0 radical (unpaired) electrons. The molecule has 0 saturated carbocycles. The molecule has 0 bridgehead atoms. The number of amides is 1. The third-order valence-corrected chi connectivity index (χ3v) is 5.20. The smallest absolute Gasteiger partial charge is 0.239 e. The Morgan fingerprint density at radius 1 is 1.38 bits per heavy atom. The van der Waals surface area contributed by atoms with E-state index in [0.29, 0.717) is 26.3 Å². The Morgan fingerprint density at radius 3 is 2.95 bits per heavy atom. The second-order valence-corrected chi connectivity index (χ2v) is 6.62. The molecule has 21 heavy (non-hydrogen) atoms. The average Bonchev–Trinajstić information content (AvgIpc) is 2.55. The molecule has 0 aliphatic carbocycles. The van der Waals surface area contributed by atoms with Gasteiger partial charge >= 0.3 is 0 Å². The Kier molecular flexibility index (Phi) is 4.83. The van der Waals surface area contributed by atoms with Crippen molar-refractivity contribution in [3.63, 3.8) is 0 Å². The van der Waals surface area contributed by atoms with Crippen molar-refractivity contribution in [1.82, 2.24) is 10.2 Å². The predicted octanol–water partition coefficient (Wildman–Crippen LogP) is 1.81. The molecule has 0 aromatic heterocycles. The quantitative estimate of drug-likeness (QED) is 0.925. The topological polar surface area (TPSA) is 41.6 Å². The lowest BCUT2D eigenvalue weighted by Gasteiger charge is -2.33. The summed E-state index contributed by atoms with van der Waals surface area (Å²) >= 11 is 1.93. The molecule has 2 heterocycles. The highest BCUT2D eigenvalue weighted by atomic mass is 32.2. The van der Waals surface area contributed by atoms with Crippen molar-refractivity contribution in [3.8, 4) is 0 Å². The Balaban J connectivity index is 1.65. The summed E-state index contributed by atoms with van der Waals surface area (Å²) in [5, 5.41) is 3.52. The van der Waals surface area contributed by atoms with Gasteiger partial charge in [-0.05, 0) is 18.1 Å². The maximum absolute atomic E-state index is 12.5. The molecule has 1 aromatic rings. The fraction of sp³-hybridized carbons (Fsp3) is 0.562. The van der Waals surface area contributed by atoms with Gasteiger partial charge in [-0.2, -0.15) is 11.8 Å². The largest absolute Gasteiger partial charge is 0.378 e. The summed E-state index contributed by atoms with van der Waals surface area (Å²) in [6.07, 6.45) is 0. The monoisotopic (exact) mass is 306 g/mol. The van der Waals surface area contributed by atoms with E-state index in [9.17, 15) is 4.79 Å². The number of carbonyl (C=O) groups excluding carboxylic acids is 1. The fourth-order valence-electron chi connectivity index (χ4n) is 2.95. The van der Waals surface area contributed by atoms with Crippen LogP contribution in [-0.4, -0.2) is 48.9 Å². The minimum Gasteiger partial charge on any atom is -0.378 e. The normalized spacial score (nSPS) is 23.5. The van der Waals surface area contributed by atoms with Gasteiger partial charge < -0.3 is 9.64 Å². The molecule has 1 saturated heterocycles. The summed E-state index contributed by atoms with van der Waals surface area (Å²) in [4.78, 5) is 14.4. The summed E-state index contributed by atoms with van der Waals surface area (Å²) in [5.74, 6) is 2.28. The molecule has 5 heteroatoms. The number of rotatable bonds is 3. The minimum absolute atomic E-state index is 0.153. The lowest BCUT2D eigenvalue weighted by molar-refractivity contribution is -0.137. The number of nitrogens with zero attached hydrogens (tertiary/aromatic N) is 1. The maximum atomic E-state index is 12.5. The summed E-state index contributed by atoms with van der Waals surface area (Å²) in [6.45, 7) is 4.70. The molecule has 1 N–H and O–H groups in total. The van der Waals surface area contributed by atoms with Crippen LogP contribution in [0.25, 0.3) is 0 Å². The number of thioether (sulfide) groups is 1. The second-order valence-electron chi connectivity index (χ2n) is 5.59. The summed E-state index contributed by atoms with van der Waals surface area (Å²) in [6, 6.07) is 8.64. The fourth-order valence-corrected chi connectivity index (χ4v) is 4.06. The van der Waals surface area contributed by atoms with E-state index in [1.165, 1.54) is 11.1 Å². The zero-order valence-electron chi connectivity index (χ0n) is 12.4. The Bertz CT molecular complexity index is 503. The van der Waals surface area contributed by atoms with Crippen molar-refractivity contribution in [2.24, 2.45) is 0 Å². The molecule has 2 aliphatic heterocycles. The predicted molar refractivity (Wildman–Crippen MR) is 85.3 cm³/mol. The molecule has 2 unspecified atom stereocenters. The minimum atomic E-state index is -0.153. The van der Waals surface area contributed by atoms with Gasteiger partial charge in [-0.1, -0.05) is 24.3 Å². The van der Waals surface area contributed by atoms with Crippen LogP contribution in [0.1, 0.15) is 24.1 Å². The third kappa shape index (κ3) is 3.42. The number of nitrogens with one attached hydrogen (secondary N) is 1. The third-order valence-electron chi connectivity index (χ3n) is 4.12. The number of hydrogen-bond acceptors (Lipinski definition) is 4. The van der Waals surface area contributed by atoms with Crippen LogP contribution in [0.3, 0.4) is 0 Å². The van der Waals surface area contributed by atoms with Gasteiger partial charge in [-0.3, -0.25) is 10.1 Å². The van der Waals surface area contributed by atoms with Gasteiger partial charge in [-0.25, -0.2) is 0 Å². The molecule has 2 aliphatic rings. The Labute approximate surface area is 130 Å². The van der Waals surface area contributed by atoms with Gasteiger partial charge in [0, 0.05) is 30.6 Å². The van der Waals surface area contributed by atoms with Gasteiger partial charge in [0.2, 0.25) is 5.91 Å². The molecule has 1 aromatic carbocycles. The maximum Gasteiger partial charge on any atom is 0.239 e. The number of carbonyl (C=O) groups is 1.